The van der Waals surface area contributed by atoms with E-state index >= 15 is 0 Å². The molecule has 0 bridgehead atoms. The fourth-order valence-electron chi connectivity index (χ4n) is 3.10. The zero-order valence-corrected chi connectivity index (χ0v) is 23.7. The fourth-order valence-corrected chi connectivity index (χ4v) is 4.58. The van der Waals surface area contributed by atoms with Gasteiger partial charge >= 0.3 is 29.2 Å². The number of ether oxygens (including phenoxy) is 2. The van der Waals surface area contributed by atoms with Crippen LogP contribution in [-0.4, -0.2) is 29.9 Å². The average Bonchev–Trinajstić information content (AvgIpc) is 2.73. The Morgan fingerprint density at radius 3 is 1.97 bits per heavy atom. The molecule has 0 aromatic rings. The molecule has 7 nitrogen and oxygen atoms in total. The summed E-state index contributed by atoms with van der Waals surface area (Å²) in [4.78, 5) is 11.7. The number of rotatable bonds is 17. The van der Waals surface area contributed by atoms with Gasteiger partial charge in [-0.3, -0.25) is 14.1 Å². The molecule has 0 aromatic heterocycles. The van der Waals surface area contributed by atoms with Gasteiger partial charge in [-0.05, 0) is 66.2 Å². The van der Waals surface area contributed by atoms with Crippen LogP contribution in [0.15, 0.2) is 34.9 Å². The molecule has 0 aliphatic heterocycles. The molecule has 1 N–H and O–H groups in total. The number of hydrogen-bond acceptors (Lipinski definition) is 6. The summed E-state index contributed by atoms with van der Waals surface area (Å²) in [5.74, 6) is -0.967. The molecule has 0 radical (unpaired) electrons. The van der Waals surface area contributed by atoms with Gasteiger partial charge in [0.1, 0.15) is 0 Å². The summed E-state index contributed by atoms with van der Waals surface area (Å²) in [5, 5.41) is 0. The van der Waals surface area contributed by atoms with Crippen LogP contribution < -0.4 is 0 Å². The van der Waals surface area contributed by atoms with Crippen molar-refractivity contribution in [1.82, 2.24) is 0 Å². The van der Waals surface area contributed by atoms with E-state index in [2.05, 4.69) is 32.9 Å². The van der Waals surface area contributed by atoms with E-state index in [1.54, 1.807) is 20.8 Å². The minimum absolute atomic E-state index is 0.0827. The largest absolute Gasteiger partial charge is 0.435 e. The van der Waals surface area contributed by atoms with Gasteiger partial charge in [0.25, 0.3) is 0 Å². The second kappa shape index (κ2) is 16.4. The van der Waals surface area contributed by atoms with Gasteiger partial charge in [-0.2, -0.15) is 8.42 Å². The summed E-state index contributed by atoms with van der Waals surface area (Å²) in [6.07, 6.45) is 9.96. The van der Waals surface area contributed by atoms with E-state index in [4.69, 9.17) is 9.47 Å². The lowest BCUT2D eigenvalue weighted by Crippen LogP contribution is -2.42. The van der Waals surface area contributed by atoms with Crippen molar-refractivity contribution >= 4 is 24.5 Å². The molecule has 9 heteroatoms. The van der Waals surface area contributed by atoms with Gasteiger partial charge < -0.3 is 4.74 Å². The molecular weight excluding hydrogens is 475 g/mol. The first-order valence-corrected chi connectivity index (χ1v) is 14.3. The number of carbonyl (C=O) groups is 1. The first kappa shape index (κ1) is 32.7. The molecule has 0 amide bonds. The van der Waals surface area contributed by atoms with E-state index in [9.17, 15) is 22.3 Å². The van der Waals surface area contributed by atoms with Crippen molar-refractivity contribution in [2.75, 3.05) is 0 Å². The number of esters is 1. The average molecular weight is 520 g/mol. The van der Waals surface area contributed by atoms with Crippen molar-refractivity contribution in [3.63, 3.8) is 0 Å². The molecule has 0 saturated carbocycles. The summed E-state index contributed by atoms with van der Waals surface area (Å²) in [6, 6.07) is 0. The van der Waals surface area contributed by atoms with E-state index in [0.717, 1.165) is 25.7 Å². The van der Waals surface area contributed by atoms with Crippen molar-refractivity contribution in [2.24, 2.45) is 5.92 Å². The third-order valence-electron chi connectivity index (χ3n) is 5.28. The molecule has 3 unspecified atom stereocenters. The molecule has 196 valence electrons. The smallest absolute Gasteiger partial charge is 0.390 e. The lowest BCUT2D eigenvalue weighted by molar-refractivity contribution is -0.198. The highest BCUT2D eigenvalue weighted by Crippen LogP contribution is 2.38. The van der Waals surface area contributed by atoms with Gasteiger partial charge in [-0.25, -0.2) is 0 Å². The molecule has 0 aliphatic rings. The SMILES string of the molecule is CCC(=O)OC(OC(CCCC=C(C)CCC=C(C)CCC=C(C)C)([PH+]=O)S(=O)(=O)O)C(C)C. The quantitative estimate of drug-likeness (QED) is 0.0545. The van der Waals surface area contributed by atoms with E-state index in [0.29, 0.717) is 12.8 Å². The van der Waals surface area contributed by atoms with Crippen LogP contribution in [0.25, 0.3) is 0 Å². The summed E-state index contributed by atoms with van der Waals surface area (Å²) < 4.78 is 54.3. The molecule has 0 rings (SSSR count). The summed E-state index contributed by atoms with van der Waals surface area (Å²) in [5.41, 5.74) is 3.86. The van der Waals surface area contributed by atoms with E-state index < -0.39 is 41.4 Å². The van der Waals surface area contributed by atoms with Crippen LogP contribution >= 0.6 is 8.46 Å². The molecule has 0 aliphatic carbocycles. The Kier molecular flexibility index (Phi) is 15.7. The number of unbranched alkanes of at least 4 members (excludes halogenated alkanes) is 1. The molecule has 0 saturated heterocycles. The number of allylic oxidation sites excluding steroid dienone is 6. The highest BCUT2D eigenvalue weighted by Gasteiger charge is 2.55. The predicted octanol–water partition coefficient (Wildman–Crippen LogP) is 7.09. The Morgan fingerprint density at radius 1 is 1.00 bits per heavy atom. The molecular formula is C25H44O7PS+. The van der Waals surface area contributed by atoms with Crippen LogP contribution in [0.5, 0.6) is 0 Å². The molecule has 0 heterocycles. The predicted molar refractivity (Wildman–Crippen MR) is 139 cm³/mol. The second-order valence-electron chi connectivity index (χ2n) is 9.26. The van der Waals surface area contributed by atoms with Crippen LogP contribution in [0.4, 0.5) is 0 Å². The minimum Gasteiger partial charge on any atom is -0.435 e. The fraction of sp³-hybridized carbons (Fsp3) is 0.720. The van der Waals surface area contributed by atoms with Crippen molar-refractivity contribution in [3.8, 4) is 0 Å². The highest BCUT2D eigenvalue weighted by molar-refractivity contribution is 7.91. The monoisotopic (exact) mass is 519 g/mol. The first-order chi connectivity index (χ1) is 15.8. The van der Waals surface area contributed by atoms with Crippen LogP contribution in [0.1, 0.15) is 99.8 Å². The zero-order chi connectivity index (χ0) is 26.4. The van der Waals surface area contributed by atoms with Crippen LogP contribution in [0.3, 0.4) is 0 Å². The maximum Gasteiger partial charge on any atom is 0.390 e. The van der Waals surface area contributed by atoms with E-state index in [1.165, 1.54) is 16.7 Å². The van der Waals surface area contributed by atoms with Crippen molar-refractivity contribution < 1.29 is 31.8 Å². The molecule has 34 heavy (non-hydrogen) atoms. The molecule has 3 atom stereocenters. The number of hydrogen-bond donors (Lipinski definition) is 1. The van der Waals surface area contributed by atoms with Crippen LogP contribution in [0, 0.1) is 5.92 Å². The van der Waals surface area contributed by atoms with Gasteiger partial charge in [0.05, 0.1) is 0 Å². The van der Waals surface area contributed by atoms with Crippen molar-refractivity contribution in [2.45, 2.75) is 111 Å². The third-order valence-corrected chi connectivity index (χ3v) is 8.12. The Hall–Kier alpha value is -1.34. The molecule has 0 fully saturated rings. The normalized spacial score (nSPS) is 15.8. The van der Waals surface area contributed by atoms with Gasteiger partial charge in [0.15, 0.2) is 0 Å². The summed E-state index contributed by atoms with van der Waals surface area (Å²) in [6.45, 7) is 13.3. The Labute approximate surface area is 208 Å². The summed E-state index contributed by atoms with van der Waals surface area (Å²) in [7, 11) is -6.31. The van der Waals surface area contributed by atoms with Gasteiger partial charge in [0.2, 0.25) is 6.29 Å². The third kappa shape index (κ3) is 12.9. The van der Waals surface area contributed by atoms with Crippen LogP contribution in [-0.2, 0) is 29.0 Å². The van der Waals surface area contributed by atoms with Gasteiger partial charge in [-0.1, -0.05) is 60.3 Å². The molecule has 0 aromatic carbocycles. The standard InChI is InChI=1S/C25H43O7PS/c1-8-23(26)31-24(20(4)5)32-25(33-27,34(28,29)30)18-10-9-14-21(6)16-12-17-22(7)15-11-13-19(2)3/h13-14,17,20,24H,8-12,15-16,18H2,1-7H3,(H,28,29,30)/p+1. The topological polar surface area (TPSA) is 107 Å². The Bertz CT molecular complexity index is 839. The first-order valence-electron chi connectivity index (χ1n) is 12.0. The minimum atomic E-state index is -4.83. The van der Waals surface area contributed by atoms with Crippen LogP contribution in [0.2, 0.25) is 0 Å². The maximum atomic E-state index is 12.1. The molecule has 0 spiro atoms. The van der Waals surface area contributed by atoms with Crippen molar-refractivity contribution in [1.29, 1.82) is 0 Å². The van der Waals surface area contributed by atoms with Crippen molar-refractivity contribution in [3.05, 3.63) is 34.9 Å². The number of carbonyl (C=O) groups excluding carboxylic acids is 1. The highest BCUT2D eigenvalue weighted by atomic mass is 32.2. The van der Waals surface area contributed by atoms with Gasteiger partial charge in [-0.15, -0.1) is 0 Å². The van der Waals surface area contributed by atoms with E-state index in [1.807, 2.05) is 13.0 Å². The Balaban J connectivity index is 5.02. The second-order valence-corrected chi connectivity index (χ2v) is 12.2. The lowest BCUT2D eigenvalue weighted by Gasteiger charge is -2.27. The Morgan fingerprint density at radius 2 is 1.53 bits per heavy atom. The summed E-state index contributed by atoms with van der Waals surface area (Å²) >= 11 is 0. The van der Waals surface area contributed by atoms with Gasteiger partial charge in [0, 0.05) is 18.8 Å². The zero-order valence-electron chi connectivity index (χ0n) is 21.8. The lowest BCUT2D eigenvalue weighted by atomic mass is 10.1. The van der Waals surface area contributed by atoms with E-state index in [-0.39, 0.29) is 12.8 Å². The maximum absolute atomic E-state index is 12.1.